The Balaban J connectivity index is 1.32. The summed E-state index contributed by atoms with van der Waals surface area (Å²) in [5, 5.41) is 22.2. The SMILES string of the molecule is CC[C@H]1NC(=O)[C@@H](NC(=O)c2ncccc2O)[C@@H](C)OC(=O)[C@H](c2ccccc2)NC(=O)[C@@H]2C[C@@H]3NCCSC[C@@H]3CN2C(=O)[C@H](Cc2ccc(N(C)C)cc2)N(C)C(=O)[C@@H]2CCCN2C1=O. The standard InChI is InChI=1S/C48H61N9O9S/c1-6-33-45(62)56-22-11-14-35(56)46(63)55(5)37(24-29-16-18-32(19-17-29)54(3)4)47(64)57-26-31-27-67-23-21-49-34(31)25-36(57)42(59)53-40(30-12-8-7-9-13-30)48(65)66-28(2)39(43(60)51-33)52-44(61)41-38(58)15-10-20-50-41/h7-10,12-13,15-20,28,31,33-37,39-40,49,58H,6,11,14,21-27H2,1-5H3,(H,51,60)(H,52,61)(H,53,59)/t28-,31+,33-,34+,35+,36+,37+,39+,40+/m1/s1. The maximum absolute atomic E-state index is 15.5. The molecule has 0 aliphatic carbocycles. The molecule has 0 spiro atoms. The van der Waals surface area contributed by atoms with E-state index in [1.165, 1.54) is 35.1 Å². The van der Waals surface area contributed by atoms with Crippen LogP contribution in [-0.4, -0.2) is 161 Å². The number of hydrogen-bond acceptors (Lipinski definition) is 13. The maximum Gasteiger partial charge on any atom is 0.333 e. The topological polar surface area (TPSA) is 223 Å². The Bertz CT molecular complexity index is 2300. The van der Waals surface area contributed by atoms with Crippen molar-refractivity contribution in [1.29, 1.82) is 0 Å². The molecule has 4 saturated heterocycles. The number of piperidine rings is 1. The molecule has 0 unspecified atom stereocenters. The summed E-state index contributed by atoms with van der Waals surface area (Å²) in [7, 11) is 5.40. The van der Waals surface area contributed by atoms with Crippen LogP contribution in [-0.2, 0) is 39.9 Å². The lowest BCUT2D eigenvalue weighted by molar-refractivity contribution is -0.157. The highest BCUT2D eigenvalue weighted by Crippen LogP contribution is 2.31. The van der Waals surface area contributed by atoms with Crippen molar-refractivity contribution < 1.29 is 43.4 Å². The number of likely N-dealkylation sites (N-methyl/N-ethyl adjacent to an activating group) is 1. The van der Waals surface area contributed by atoms with Crippen LogP contribution in [0.15, 0.2) is 72.9 Å². The number of carbonyl (C=O) groups is 7. The lowest BCUT2D eigenvalue weighted by Crippen LogP contribution is -2.64. The van der Waals surface area contributed by atoms with E-state index in [-0.39, 0.29) is 44.3 Å². The second-order valence-corrected chi connectivity index (χ2v) is 19.0. The molecule has 358 valence electrons. The lowest BCUT2D eigenvalue weighted by Gasteiger charge is -2.45. The van der Waals surface area contributed by atoms with Gasteiger partial charge in [-0.2, -0.15) is 11.8 Å². The van der Waals surface area contributed by atoms with Gasteiger partial charge in [0.25, 0.3) is 5.91 Å². The Kier molecular flexibility index (Phi) is 15.7. The third kappa shape index (κ3) is 11.0. The summed E-state index contributed by atoms with van der Waals surface area (Å²) in [5.74, 6) is -3.83. The molecular weight excluding hydrogens is 879 g/mol. The largest absolute Gasteiger partial charge is 0.505 e. The molecule has 6 amide bonds. The van der Waals surface area contributed by atoms with Crippen LogP contribution in [0, 0.1) is 5.92 Å². The van der Waals surface area contributed by atoms with Crippen LogP contribution in [0.25, 0.3) is 0 Å². The fraction of sp³-hybridized carbons (Fsp3) is 0.500. The fourth-order valence-electron chi connectivity index (χ4n) is 9.40. The lowest BCUT2D eigenvalue weighted by atomic mass is 9.86. The van der Waals surface area contributed by atoms with Crippen LogP contribution in [0.4, 0.5) is 5.69 Å². The molecule has 0 radical (unpaired) electrons. The van der Waals surface area contributed by atoms with Gasteiger partial charge >= 0.3 is 5.97 Å². The van der Waals surface area contributed by atoms with Crippen LogP contribution in [0.1, 0.15) is 67.2 Å². The predicted molar refractivity (Wildman–Crippen MR) is 251 cm³/mol. The van der Waals surface area contributed by atoms with E-state index in [0.29, 0.717) is 24.9 Å². The summed E-state index contributed by atoms with van der Waals surface area (Å²) >= 11 is 1.76. The average Bonchev–Trinajstić information content (AvgIpc) is 3.71. The first kappa shape index (κ1) is 48.7. The van der Waals surface area contributed by atoms with Gasteiger partial charge in [0.1, 0.15) is 42.1 Å². The normalized spacial score (nSPS) is 28.0. The molecule has 18 nitrogen and oxygen atoms in total. The van der Waals surface area contributed by atoms with Crippen LogP contribution in [0.5, 0.6) is 5.75 Å². The summed E-state index contributed by atoms with van der Waals surface area (Å²) in [4.78, 5) is 113. The number of pyridine rings is 1. The Hall–Kier alpha value is -6.21. The minimum atomic E-state index is -1.65. The van der Waals surface area contributed by atoms with Gasteiger partial charge in [-0.05, 0) is 73.8 Å². The number of anilines is 1. The van der Waals surface area contributed by atoms with Gasteiger partial charge in [-0.25, -0.2) is 9.78 Å². The third-order valence-corrected chi connectivity index (χ3v) is 14.4. The minimum absolute atomic E-state index is 0.0297. The second kappa shape index (κ2) is 21.6. The predicted octanol–water partition coefficient (Wildman–Crippen LogP) is 1.63. The molecule has 7 rings (SSSR count). The van der Waals surface area contributed by atoms with Crippen molar-refractivity contribution in [1.82, 2.24) is 41.0 Å². The quantitative estimate of drug-likeness (QED) is 0.213. The second-order valence-electron chi connectivity index (χ2n) is 17.8. The highest BCUT2D eigenvalue weighted by molar-refractivity contribution is 7.99. The van der Waals surface area contributed by atoms with Crippen molar-refractivity contribution in [3.8, 4) is 5.75 Å². The number of ether oxygens (including phenoxy) is 1. The van der Waals surface area contributed by atoms with Crippen LogP contribution in [0.3, 0.4) is 0 Å². The molecule has 1 aromatic heterocycles. The summed E-state index contributed by atoms with van der Waals surface area (Å²) in [6.45, 7) is 4.17. The molecule has 4 aliphatic rings. The summed E-state index contributed by atoms with van der Waals surface area (Å²) in [5.41, 5.74) is 1.67. The van der Waals surface area contributed by atoms with Crippen molar-refractivity contribution in [2.45, 2.75) is 94.3 Å². The average molecular weight is 940 g/mol. The number of cyclic esters (lactones) is 1. The van der Waals surface area contributed by atoms with Crippen molar-refractivity contribution in [3.05, 3.63) is 89.7 Å². The summed E-state index contributed by atoms with van der Waals surface area (Å²) < 4.78 is 5.98. The molecule has 2 aromatic carbocycles. The molecule has 9 atom stereocenters. The van der Waals surface area contributed by atoms with E-state index in [9.17, 15) is 33.9 Å². The number of aromatic hydroxyl groups is 1. The van der Waals surface area contributed by atoms with Gasteiger partial charge in [-0.15, -0.1) is 0 Å². The fourth-order valence-corrected chi connectivity index (χ4v) is 10.5. The monoisotopic (exact) mass is 939 g/mol. The number of nitrogens with one attached hydrogen (secondary N) is 4. The number of nitrogens with zero attached hydrogens (tertiary/aromatic N) is 5. The molecule has 4 fully saturated rings. The van der Waals surface area contributed by atoms with Crippen molar-refractivity contribution in [2.24, 2.45) is 5.92 Å². The number of hydrogen-bond donors (Lipinski definition) is 5. The number of carbonyl (C=O) groups excluding carboxylic acids is 7. The Morgan fingerprint density at radius 1 is 0.925 bits per heavy atom. The van der Waals surface area contributed by atoms with Gasteiger partial charge in [0.05, 0.1) is 0 Å². The third-order valence-electron chi connectivity index (χ3n) is 13.2. The minimum Gasteiger partial charge on any atom is -0.505 e. The Morgan fingerprint density at radius 2 is 1.67 bits per heavy atom. The number of aromatic nitrogens is 1. The van der Waals surface area contributed by atoms with E-state index in [2.05, 4.69) is 26.3 Å². The summed E-state index contributed by atoms with van der Waals surface area (Å²) in [6, 6.07) is 11.1. The number of benzene rings is 2. The first-order valence-electron chi connectivity index (χ1n) is 22.9. The van der Waals surface area contributed by atoms with Crippen molar-refractivity contribution in [2.75, 3.05) is 57.2 Å². The molecular formula is C48H61N9O9S. The van der Waals surface area contributed by atoms with E-state index in [4.69, 9.17) is 4.74 Å². The first-order valence-corrected chi connectivity index (χ1v) is 24.1. The van der Waals surface area contributed by atoms with Gasteiger partial charge in [0, 0.05) is 76.8 Å². The highest BCUT2D eigenvalue weighted by atomic mass is 32.2. The van der Waals surface area contributed by atoms with E-state index in [1.54, 1.807) is 61.0 Å². The number of amides is 6. The first-order chi connectivity index (χ1) is 32.2. The molecule has 5 N–H and O–H groups in total. The Labute approximate surface area is 394 Å². The van der Waals surface area contributed by atoms with E-state index >= 15 is 4.79 Å². The highest BCUT2D eigenvalue weighted by Gasteiger charge is 2.48. The van der Waals surface area contributed by atoms with E-state index in [1.807, 2.05) is 43.3 Å². The van der Waals surface area contributed by atoms with Gasteiger partial charge < -0.3 is 50.7 Å². The van der Waals surface area contributed by atoms with Crippen molar-refractivity contribution >= 4 is 58.9 Å². The Morgan fingerprint density at radius 3 is 2.37 bits per heavy atom. The number of rotatable bonds is 7. The van der Waals surface area contributed by atoms with E-state index < -0.39 is 95.2 Å². The van der Waals surface area contributed by atoms with Crippen LogP contribution >= 0.6 is 11.8 Å². The zero-order chi connectivity index (χ0) is 47.9. The molecule has 3 aromatic rings. The number of thioether (sulfide) groups is 1. The number of esters is 1. The molecule has 0 saturated carbocycles. The van der Waals surface area contributed by atoms with Gasteiger partial charge in [-0.3, -0.25) is 28.8 Å². The zero-order valence-corrected chi connectivity index (χ0v) is 39.4. The molecule has 5 heterocycles. The van der Waals surface area contributed by atoms with E-state index in [0.717, 1.165) is 22.8 Å². The molecule has 4 aliphatic heterocycles. The van der Waals surface area contributed by atoms with Gasteiger partial charge in [0.2, 0.25) is 29.5 Å². The van der Waals surface area contributed by atoms with Gasteiger partial charge in [0.15, 0.2) is 11.7 Å². The van der Waals surface area contributed by atoms with Crippen LogP contribution < -0.4 is 26.2 Å². The van der Waals surface area contributed by atoms with Crippen molar-refractivity contribution in [3.63, 3.8) is 0 Å². The van der Waals surface area contributed by atoms with Crippen LogP contribution in [0.2, 0.25) is 0 Å². The molecule has 19 heteroatoms. The smallest absolute Gasteiger partial charge is 0.333 e. The maximum atomic E-state index is 15.5. The zero-order valence-electron chi connectivity index (χ0n) is 38.6. The number of fused-ring (bicyclic) bond motifs is 3. The van der Waals surface area contributed by atoms with Gasteiger partial charge in [-0.1, -0.05) is 49.4 Å². The molecule has 0 bridgehead atoms. The molecule has 67 heavy (non-hydrogen) atoms. The summed E-state index contributed by atoms with van der Waals surface area (Å²) in [6.07, 6.45) is 1.05.